The maximum atomic E-state index is 12.7. The molecule has 0 bridgehead atoms. The molecule has 1 aliphatic heterocycles. The van der Waals surface area contributed by atoms with Gasteiger partial charge in [0.2, 0.25) is 5.76 Å². The van der Waals surface area contributed by atoms with Crippen LogP contribution in [0, 0.1) is 6.92 Å². The minimum Gasteiger partial charge on any atom is -0.350 e. The van der Waals surface area contributed by atoms with Gasteiger partial charge in [0.1, 0.15) is 5.69 Å². The molecule has 1 saturated heterocycles. The van der Waals surface area contributed by atoms with Crippen molar-refractivity contribution in [3.8, 4) is 11.3 Å². The molecule has 0 spiro atoms. The molecule has 3 aromatic rings. The molecule has 0 saturated carbocycles. The molecule has 5 heteroatoms. The monoisotopic (exact) mass is 361 g/mol. The summed E-state index contributed by atoms with van der Waals surface area (Å²) in [5, 5.41) is 4.05. The highest BCUT2D eigenvalue weighted by atomic mass is 16.5. The van der Waals surface area contributed by atoms with E-state index in [0.29, 0.717) is 24.5 Å². The molecule has 2 aromatic carbocycles. The first-order chi connectivity index (χ1) is 13.2. The molecule has 27 heavy (non-hydrogen) atoms. The van der Waals surface area contributed by atoms with Crippen LogP contribution in [0.4, 0.5) is 0 Å². The van der Waals surface area contributed by atoms with E-state index in [1.165, 1.54) is 11.1 Å². The number of aromatic nitrogens is 1. The van der Waals surface area contributed by atoms with Gasteiger partial charge in [0.25, 0.3) is 5.91 Å². The zero-order valence-electron chi connectivity index (χ0n) is 15.5. The molecule has 0 N–H and O–H groups in total. The Morgan fingerprint density at radius 2 is 1.70 bits per heavy atom. The minimum atomic E-state index is -0.0831. The third kappa shape index (κ3) is 3.93. The van der Waals surface area contributed by atoms with E-state index in [-0.39, 0.29) is 5.91 Å². The Morgan fingerprint density at radius 3 is 2.44 bits per heavy atom. The predicted molar refractivity (Wildman–Crippen MR) is 104 cm³/mol. The van der Waals surface area contributed by atoms with Crippen LogP contribution in [-0.2, 0) is 6.54 Å². The summed E-state index contributed by atoms with van der Waals surface area (Å²) < 4.78 is 5.32. The molecule has 1 fully saturated rings. The fourth-order valence-corrected chi connectivity index (χ4v) is 3.41. The predicted octanol–water partition coefficient (Wildman–Crippen LogP) is 3.61. The summed E-state index contributed by atoms with van der Waals surface area (Å²) in [5.41, 5.74) is 4.30. The van der Waals surface area contributed by atoms with Gasteiger partial charge < -0.3 is 9.42 Å². The zero-order chi connectivity index (χ0) is 18.6. The number of hydrogen-bond donors (Lipinski definition) is 0. The Labute approximate surface area is 159 Å². The average Bonchev–Trinajstić information content (AvgIpc) is 3.21. The van der Waals surface area contributed by atoms with Crippen LogP contribution in [0.1, 0.15) is 21.7 Å². The van der Waals surface area contributed by atoms with Crippen molar-refractivity contribution in [3.05, 3.63) is 77.6 Å². The maximum absolute atomic E-state index is 12.7. The number of amides is 1. The van der Waals surface area contributed by atoms with Crippen LogP contribution in [0.2, 0.25) is 0 Å². The third-order valence-electron chi connectivity index (χ3n) is 5.11. The largest absolute Gasteiger partial charge is 0.350 e. The lowest BCUT2D eigenvalue weighted by atomic mass is 10.1. The number of benzene rings is 2. The smallest absolute Gasteiger partial charge is 0.292 e. The number of nitrogens with zero attached hydrogens (tertiary/aromatic N) is 3. The van der Waals surface area contributed by atoms with Crippen LogP contribution in [-0.4, -0.2) is 47.0 Å². The first-order valence-electron chi connectivity index (χ1n) is 9.29. The molecular formula is C22H23N3O2. The Morgan fingerprint density at radius 1 is 1.00 bits per heavy atom. The van der Waals surface area contributed by atoms with Gasteiger partial charge in [-0.15, -0.1) is 0 Å². The molecule has 0 unspecified atom stereocenters. The number of rotatable bonds is 4. The van der Waals surface area contributed by atoms with Gasteiger partial charge in [-0.3, -0.25) is 9.69 Å². The summed E-state index contributed by atoms with van der Waals surface area (Å²) in [5.74, 6) is 0.224. The highest BCUT2D eigenvalue weighted by Crippen LogP contribution is 2.20. The van der Waals surface area contributed by atoms with Crippen LogP contribution in [0.5, 0.6) is 0 Å². The van der Waals surface area contributed by atoms with Crippen LogP contribution in [0.3, 0.4) is 0 Å². The Kier molecular flexibility index (Phi) is 5.03. The molecule has 0 atom stereocenters. The van der Waals surface area contributed by atoms with E-state index in [2.05, 4.69) is 41.2 Å². The Hall–Kier alpha value is -2.92. The fraction of sp³-hybridized carbons (Fsp3) is 0.273. The van der Waals surface area contributed by atoms with E-state index in [1.54, 1.807) is 6.07 Å². The summed E-state index contributed by atoms with van der Waals surface area (Å²) >= 11 is 0. The number of hydrogen-bond acceptors (Lipinski definition) is 4. The molecule has 4 rings (SSSR count). The number of piperazine rings is 1. The number of aryl methyl sites for hydroxylation is 1. The lowest BCUT2D eigenvalue weighted by molar-refractivity contribution is 0.0588. The second kappa shape index (κ2) is 7.76. The van der Waals surface area contributed by atoms with Crippen molar-refractivity contribution >= 4 is 5.91 Å². The highest BCUT2D eigenvalue weighted by Gasteiger charge is 2.25. The summed E-state index contributed by atoms with van der Waals surface area (Å²) in [7, 11) is 0. The molecule has 2 heterocycles. The van der Waals surface area contributed by atoms with E-state index in [0.717, 1.165) is 25.2 Å². The molecule has 0 radical (unpaired) electrons. The maximum Gasteiger partial charge on any atom is 0.292 e. The molecule has 1 aliphatic rings. The SMILES string of the molecule is Cc1ccccc1CN1CCN(C(=O)c2cc(-c3ccccc3)no2)CC1. The lowest BCUT2D eigenvalue weighted by Gasteiger charge is -2.34. The van der Waals surface area contributed by atoms with Crippen molar-refractivity contribution in [1.82, 2.24) is 15.0 Å². The van der Waals surface area contributed by atoms with Gasteiger partial charge in [-0.2, -0.15) is 0 Å². The number of carbonyl (C=O) groups is 1. The standard InChI is InChI=1S/C22H23N3O2/c1-17-7-5-6-10-19(17)16-24-11-13-25(14-12-24)22(26)21-15-20(23-27-21)18-8-3-2-4-9-18/h2-10,15H,11-14,16H2,1H3. The normalized spacial score (nSPS) is 15.1. The van der Waals surface area contributed by atoms with Gasteiger partial charge >= 0.3 is 0 Å². The van der Waals surface area contributed by atoms with Crippen LogP contribution in [0.15, 0.2) is 65.2 Å². The summed E-state index contributed by atoms with van der Waals surface area (Å²) in [6, 6.07) is 19.9. The first kappa shape index (κ1) is 17.5. The van der Waals surface area contributed by atoms with Gasteiger partial charge in [-0.1, -0.05) is 59.8 Å². The van der Waals surface area contributed by atoms with Gasteiger partial charge in [-0.05, 0) is 18.1 Å². The molecular weight excluding hydrogens is 338 g/mol. The molecule has 5 nitrogen and oxygen atoms in total. The van der Waals surface area contributed by atoms with Crippen molar-refractivity contribution in [3.63, 3.8) is 0 Å². The van der Waals surface area contributed by atoms with Gasteiger partial charge in [-0.25, -0.2) is 0 Å². The molecule has 1 amide bonds. The topological polar surface area (TPSA) is 49.6 Å². The Bertz CT molecular complexity index is 912. The van der Waals surface area contributed by atoms with Gasteiger partial charge in [0.15, 0.2) is 0 Å². The van der Waals surface area contributed by atoms with E-state index in [9.17, 15) is 4.79 Å². The number of carbonyl (C=O) groups excluding carboxylic acids is 1. The zero-order valence-corrected chi connectivity index (χ0v) is 15.5. The fourth-order valence-electron chi connectivity index (χ4n) is 3.41. The summed E-state index contributed by atoms with van der Waals surface area (Å²) in [6.45, 7) is 6.19. The first-order valence-corrected chi connectivity index (χ1v) is 9.29. The second-order valence-electron chi connectivity index (χ2n) is 6.94. The van der Waals surface area contributed by atoms with E-state index in [4.69, 9.17) is 4.52 Å². The van der Waals surface area contributed by atoms with Crippen LogP contribution in [0.25, 0.3) is 11.3 Å². The van der Waals surface area contributed by atoms with Crippen molar-refractivity contribution in [2.75, 3.05) is 26.2 Å². The van der Waals surface area contributed by atoms with Crippen LogP contribution >= 0.6 is 0 Å². The average molecular weight is 361 g/mol. The Balaban J connectivity index is 1.36. The summed E-state index contributed by atoms with van der Waals surface area (Å²) in [4.78, 5) is 17.0. The van der Waals surface area contributed by atoms with Crippen molar-refractivity contribution in [2.24, 2.45) is 0 Å². The van der Waals surface area contributed by atoms with E-state index in [1.807, 2.05) is 35.2 Å². The quantitative estimate of drug-likeness (QED) is 0.712. The van der Waals surface area contributed by atoms with Crippen molar-refractivity contribution in [2.45, 2.75) is 13.5 Å². The molecule has 0 aliphatic carbocycles. The van der Waals surface area contributed by atoms with Crippen molar-refractivity contribution < 1.29 is 9.32 Å². The van der Waals surface area contributed by atoms with Gasteiger partial charge in [0, 0.05) is 44.4 Å². The minimum absolute atomic E-state index is 0.0831. The highest BCUT2D eigenvalue weighted by molar-refractivity contribution is 5.92. The lowest BCUT2D eigenvalue weighted by Crippen LogP contribution is -2.48. The van der Waals surface area contributed by atoms with E-state index < -0.39 is 0 Å². The second-order valence-corrected chi connectivity index (χ2v) is 6.94. The van der Waals surface area contributed by atoms with E-state index >= 15 is 0 Å². The van der Waals surface area contributed by atoms with Crippen LogP contribution < -0.4 is 0 Å². The molecule has 138 valence electrons. The summed E-state index contributed by atoms with van der Waals surface area (Å²) in [6.07, 6.45) is 0. The molecule has 1 aromatic heterocycles. The van der Waals surface area contributed by atoms with Gasteiger partial charge in [0.05, 0.1) is 0 Å². The third-order valence-corrected chi connectivity index (χ3v) is 5.11. The van der Waals surface area contributed by atoms with Crippen molar-refractivity contribution in [1.29, 1.82) is 0 Å².